The van der Waals surface area contributed by atoms with E-state index in [1.807, 2.05) is 38.1 Å². The number of hydrogen-bond donors (Lipinski definition) is 1. The van der Waals surface area contributed by atoms with Crippen LogP contribution in [0.3, 0.4) is 0 Å². The molecule has 4 aromatic rings. The first kappa shape index (κ1) is 31.8. The van der Waals surface area contributed by atoms with Gasteiger partial charge in [-0.1, -0.05) is 68.1 Å². The number of carbonyl (C=O) groups is 2. The maximum Gasteiger partial charge on any atom is 0.573 e. The number of anilines is 1. The number of benzene rings is 3. The number of aromatic nitrogens is 3. The zero-order chi connectivity index (χ0) is 32.3. The Morgan fingerprint density at radius 2 is 1.71 bits per heavy atom. The van der Waals surface area contributed by atoms with Crippen molar-refractivity contribution in [1.82, 2.24) is 20.1 Å². The predicted molar refractivity (Wildman–Crippen MR) is 163 cm³/mol. The minimum Gasteiger partial charge on any atom is -0.406 e. The first-order valence-corrected chi connectivity index (χ1v) is 15.0. The second-order valence-corrected chi connectivity index (χ2v) is 11.6. The van der Waals surface area contributed by atoms with Crippen molar-refractivity contribution in [2.24, 2.45) is 0 Å². The summed E-state index contributed by atoms with van der Waals surface area (Å²) < 4.78 is 57.9. The van der Waals surface area contributed by atoms with Crippen LogP contribution in [0.15, 0.2) is 90.2 Å². The Labute approximate surface area is 261 Å². The smallest absolute Gasteiger partial charge is 0.406 e. The quantitative estimate of drug-likeness (QED) is 0.155. The lowest BCUT2D eigenvalue weighted by atomic mass is 10.0. The van der Waals surface area contributed by atoms with Crippen molar-refractivity contribution in [3.05, 3.63) is 101 Å². The molecule has 2 atom stereocenters. The van der Waals surface area contributed by atoms with E-state index in [0.717, 1.165) is 11.3 Å². The maximum absolute atomic E-state index is 15.4. The molecule has 45 heavy (non-hydrogen) atoms. The number of alkyl halides is 4. The van der Waals surface area contributed by atoms with Crippen LogP contribution in [-0.2, 0) is 9.59 Å². The number of amides is 2. The topological polar surface area (TPSA) is 89.4 Å². The molecule has 3 aromatic carbocycles. The first-order chi connectivity index (χ1) is 21.4. The van der Waals surface area contributed by atoms with E-state index in [9.17, 15) is 22.8 Å². The standard InChI is InChI=1S/C32H29F4N5O3S/c1-19(2)25-6-4-5-7-26(25)41-28(43)17-45-29(41)16-27(42)38-20(3)30(33)21-8-10-22(11-9-21)31-37-18-40(39-31)23-12-14-24(15-13-23)44-32(34,35)36/h4-16,18-20,30H,17H2,1-3H3,(H,38,42)/b29-16-. The van der Waals surface area contributed by atoms with Crippen LogP contribution in [-0.4, -0.2) is 44.7 Å². The number of halogens is 4. The highest BCUT2D eigenvalue weighted by atomic mass is 32.2. The van der Waals surface area contributed by atoms with E-state index in [2.05, 4.69) is 20.1 Å². The fraction of sp³-hybridized carbons (Fsp3) is 0.250. The molecule has 8 nitrogen and oxygen atoms in total. The van der Waals surface area contributed by atoms with Gasteiger partial charge in [-0.2, -0.15) is 0 Å². The summed E-state index contributed by atoms with van der Waals surface area (Å²) in [6, 6.07) is 18.3. The molecule has 0 radical (unpaired) electrons. The van der Waals surface area contributed by atoms with Gasteiger partial charge in [0, 0.05) is 11.6 Å². The number of ether oxygens (including phenoxy) is 1. The molecule has 1 aliphatic rings. The lowest BCUT2D eigenvalue weighted by Crippen LogP contribution is -2.35. The van der Waals surface area contributed by atoms with E-state index < -0.39 is 24.5 Å². The molecule has 1 fully saturated rings. The average Bonchev–Trinajstić information content (AvgIpc) is 3.63. The van der Waals surface area contributed by atoms with Crippen LogP contribution in [0.1, 0.15) is 44.0 Å². The normalized spacial score (nSPS) is 15.9. The van der Waals surface area contributed by atoms with Crippen LogP contribution >= 0.6 is 11.8 Å². The molecule has 0 aliphatic carbocycles. The fourth-order valence-corrected chi connectivity index (χ4v) is 5.72. The number of hydrogen-bond acceptors (Lipinski definition) is 6. The van der Waals surface area contributed by atoms with Crippen molar-refractivity contribution in [3.63, 3.8) is 0 Å². The van der Waals surface area contributed by atoms with Gasteiger partial charge in [-0.3, -0.25) is 14.5 Å². The maximum atomic E-state index is 15.4. The molecule has 2 amide bonds. The molecular weight excluding hydrogens is 610 g/mol. The predicted octanol–water partition coefficient (Wildman–Crippen LogP) is 7.09. The highest BCUT2D eigenvalue weighted by Gasteiger charge is 2.32. The van der Waals surface area contributed by atoms with Gasteiger partial charge in [-0.25, -0.2) is 14.1 Å². The monoisotopic (exact) mass is 639 g/mol. The Morgan fingerprint density at radius 1 is 1.02 bits per heavy atom. The number of carbonyl (C=O) groups excluding carboxylic acids is 2. The van der Waals surface area contributed by atoms with Crippen molar-refractivity contribution in [2.45, 2.75) is 45.3 Å². The van der Waals surface area contributed by atoms with Crippen molar-refractivity contribution in [3.8, 4) is 22.8 Å². The van der Waals surface area contributed by atoms with Crippen LogP contribution in [0.25, 0.3) is 17.1 Å². The zero-order valence-corrected chi connectivity index (χ0v) is 25.3. The summed E-state index contributed by atoms with van der Waals surface area (Å²) >= 11 is 1.26. The van der Waals surface area contributed by atoms with E-state index in [1.165, 1.54) is 53.1 Å². The van der Waals surface area contributed by atoms with Crippen molar-refractivity contribution in [1.29, 1.82) is 0 Å². The van der Waals surface area contributed by atoms with Crippen molar-refractivity contribution >= 4 is 29.3 Å². The lowest BCUT2D eigenvalue weighted by Gasteiger charge is -2.23. The Hall–Kier alpha value is -4.65. The van der Waals surface area contributed by atoms with E-state index in [0.29, 0.717) is 27.7 Å². The van der Waals surface area contributed by atoms with Crippen LogP contribution in [0, 0.1) is 0 Å². The van der Waals surface area contributed by atoms with Gasteiger partial charge >= 0.3 is 6.36 Å². The van der Waals surface area contributed by atoms with Gasteiger partial charge in [0.15, 0.2) is 5.82 Å². The largest absolute Gasteiger partial charge is 0.573 e. The summed E-state index contributed by atoms with van der Waals surface area (Å²) in [7, 11) is 0. The Bertz CT molecular complexity index is 1700. The molecule has 0 saturated carbocycles. The van der Waals surface area contributed by atoms with E-state index in [4.69, 9.17) is 0 Å². The summed E-state index contributed by atoms with van der Waals surface area (Å²) in [4.78, 5) is 31.4. The van der Waals surface area contributed by atoms with E-state index in [1.54, 1.807) is 36.1 Å². The molecule has 234 valence electrons. The molecule has 1 aromatic heterocycles. The third-order valence-electron chi connectivity index (χ3n) is 6.99. The highest BCUT2D eigenvalue weighted by Crippen LogP contribution is 2.38. The van der Waals surface area contributed by atoms with Crippen LogP contribution in [0.4, 0.5) is 23.2 Å². The van der Waals surface area contributed by atoms with E-state index in [-0.39, 0.29) is 23.3 Å². The third-order valence-corrected chi connectivity index (χ3v) is 7.98. The zero-order valence-electron chi connectivity index (χ0n) is 24.5. The first-order valence-electron chi connectivity index (χ1n) is 14.0. The second kappa shape index (κ2) is 13.1. The molecule has 2 heterocycles. The van der Waals surface area contributed by atoms with Crippen LogP contribution in [0.2, 0.25) is 0 Å². The van der Waals surface area contributed by atoms with Crippen molar-refractivity contribution in [2.75, 3.05) is 10.7 Å². The van der Waals surface area contributed by atoms with Gasteiger partial charge in [0.1, 0.15) is 18.2 Å². The number of nitrogens with one attached hydrogen (secondary N) is 1. The van der Waals surface area contributed by atoms with Gasteiger partial charge in [0.25, 0.3) is 0 Å². The van der Waals surface area contributed by atoms with Gasteiger partial charge in [-0.05, 0) is 54.3 Å². The molecule has 5 rings (SSSR count). The second-order valence-electron chi connectivity index (χ2n) is 10.6. The SMILES string of the molecule is CC(C)c1ccccc1N1C(=O)CS/C1=C\C(=O)NC(C)C(F)c1ccc(-c2ncn(-c3ccc(OC(F)(F)F)cc3)n2)cc1. The number of para-hydroxylation sites is 1. The van der Waals surface area contributed by atoms with Crippen LogP contribution < -0.4 is 15.0 Å². The molecule has 0 bridgehead atoms. The molecule has 1 aliphatic heterocycles. The average molecular weight is 640 g/mol. The van der Waals surface area contributed by atoms with Gasteiger partial charge in [0.05, 0.1) is 28.2 Å². The lowest BCUT2D eigenvalue weighted by molar-refractivity contribution is -0.274. The molecule has 0 spiro atoms. The number of thioether (sulfide) groups is 1. The summed E-state index contributed by atoms with van der Waals surface area (Å²) in [5.41, 5.74) is 3.10. The summed E-state index contributed by atoms with van der Waals surface area (Å²) in [6.45, 7) is 5.62. The summed E-state index contributed by atoms with van der Waals surface area (Å²) in [6.07, 6.45) is -3.57. The molecular formula is C32H29F4N5O3S. The summed E-state index contributed by atoms with van der Waals surface area (Å²) in [5, 5.41) is 7.51. The minimum atomic E-state index is -4.79. The van der Waals surface area contributed by atoms with Gasteiger partial charge in [-0.15, -0.1) is 18.3 Å². The van der Waals surface area contributed by atoms with Gasteiger partial charge in [0.2, 0.25) is 11.8 Å². The Morgan fingerprint density at radius 3 is 2.38 bits per heavy atom. The van der Waals surface area contributed by atoms with Gasteiger partial charge < -0.3 is 10.1 Å². The third kappa shape index (κ3) is 7.54. The van der Waals surface area contributed by atoms with E-state index >= 15 is 4.39 Å². The summed E-state index contributed by atoms with van der Waals surface area (Å²) in [5.74, 6) is -0.299. The van der Waals surface area contributed by atoms with Crippen LogP contribution in [0.5, 0.6) is 5.75 Å². The number of rotatable bonds is 9. The molecule has 2 unspecified atom stereocenters. The Kier molecular flexibility index (Phi) is 9.28. The Balaban J connectivity index is 1.23. The molecule has 1 N–H and O–H groups in total. The highest BCUT2D eigenvalue weighted by molar-refractivity contribution is 8.04. The number of nitrogens with zero attached hydrogens (tertiary/aromatic N) is 4. The molecule has 1 saturated heterocycles. The van der Waals surface area contributed by atoms with Crippen molar-refractivity contribution < 1.29 is 31.9 Å². The minimum absolute atomic E-state index is 0.128. The molecule has 13 heteroatoms. The fourth-order valence-electron chi connectivity index (χ4n) is 4.80.